The number of halogens is 1. The maximum Gasteiger partial charge on any atom is 0.319 e. The normalized spacial score (nSPS) is 25.0. The summed E-state index contributed by atoms with van der Waals surface area (Å²) < 4.78 is 13.2. The van der Waals surface area contributed by atoms with Crippen LogP contribution in [0.15, 0.2) is 54.6 Å². The highest BCUT2D eigenvalue weighted by Gasteiger charge is 2.40. The van der Waals surface area contributed by atoms with Gasteiger partial charge in [-0.25, -0.2) is 9.18 Å². The number of benzene rings is 2. The van der Waals surface area contributed by atoms with Crippen LogP contribution in [0, 0.1) is 5.82 Å². The molecule has 2 bridgehead atoms. The molecule has 4 rings (SSSR count). The van der Waals surface area contributed by atoms with E-state index in [0.717, 1.165) is 19.4 Å². The van der Waals surface area contributed by atoms with Crippen molar-refractivity contribution in [1.29, 1.82) is 0 Å². The van der Waals surface area contributed by atoms with Crippen molar-refractivity contribution in [3.05, 3.63) is 66.0 Å². The van der Waals surface area contributed by atoms with Gasteiger partial charge in [0, 0.05) is 30.4 Å². The Morgan fingerprint density at radius 1 is 1.04 bits per heavy atom. The number of carbonyl (C=O) groups is 1. The lowest BCUT2D eigenvalue weighted by Crippen LogP contribution is -2.50. The van der Waals surface area contributed by atoms with E-state index in [0.29, 0.717) is 17.8 Å². The molecule has 136 valence electrons. The molecule has 26 heavy (non-hydrogen) atoms. The van der Waals surface area contributed by atoms with Crippen LogP contribution in [-0.4, -0.2) is 29.1 Å². The number of amides is 2. The molecule has 0 aliphatic carbocycles. The Labute approximate surface area is 153 Å². The maximum atomic E-state index is 13.2. The van der Waals surface area contributed by atoms with Gasteiger partial charge in [-0.1, -0.05) is 36.4 Å². The third-order valence-corrected chi connectivity index (χ3v) is 5.51. The van der Waals surface area contributed by atoms with E-state index < -0.39 is 0 Å². The number of anilines is 1. The van der Waals surface area contributed by atoms with Crippen LogP contribution in [0.5, 0.6) is 0 Å². The molecule has 0 unspecified atom stereocenters. The van der Waals surface area contributed by atoms with Gasteiger partial charge in [0.15, 0.2) is 0 Å². The second kappa shape index (κ2) is 7.46. The van der Waals surface area contributed by atoms with Gasteiger partial charge < -0.3 is 10.6 Å². The minimum atomic E-state index is -0.352. The Hall–Kier alpha value is -2.40. The first-order valence-corrected chi connectivity index (χ1v) is 9.30. The average molecular weight is 353 g/mol. The zero-order valence-electron chi connectivity index (χ0n) is 14.7. The molecular weight excluding hydrogens is 329 g/mol. The molecule has 2 aliphatic rings. The summed E-state index contributed by atoms with van der Waals surface area (Å²) in [5.74, 6) is -0.352. The first-order valence-electron chi connectivity index (χ1n) is 9.30. The fourth-order valence-electron chi connectivity index (χ4n) is 4.36. The van der Waals surface area contributed by atoms with Gasteiger partial charge in [0.1, 0.15) is 5.82 Å². The van der Waals surface area contributed by atoms with Crippen molar-refractivity contribution in [2.24, 2.45) is 0 Å². The van der Waals surface area contributed by atoms with Crippen LogP contribution >= 0.6 is 0 Å². The minimum absolute atomic E-state index is 0.174. The van der Waals surface area contributed by atoms with E-state index in [2.05, 4.69) is 39.8 Å². The molecule has 2 fully saturated rings. The minimum Gasteiger partial charge on any atom is -0.335 e. The highest BCUT2D eigenvalue weighted by atomic mass is 19.1. The van der Waals surface area contributed by atoms with E-state index >= 15 is 0 Å². The maximum absolute atomic E-state index is 13.2. The van der Waals surface area contributed by atoms with Gasteiger partial charge >= 0.3 is 6.03 Å². The van der Waals surface area contributed by atoms with Crippen LogP contribution < -0.4 is 10.6 Å². The van der Waals surface area contributed by atoms with Gasteiger partial charge in [-0.3, -0.25) is 4.90 Å². The van der Waals surface area contributed by atoms with Gasteiger partial charge in [0.05, 0.1) is 0 Å². The van der Waals surface area contributed by atoms with Crippen molar-refractivity contribution in [2.75, 3.05) is 5.32 Å². The Balaban J connectivity index is 1.33. The first-order chi connectivity index (χ1) is 12.7. The third-order valence-electron chi connectivity index (χ3n) is 5.51. The number of piperidine rings is 1. The molecule has 2 N–H and O–H groups in total. The molecule has 0 radical (unpaired) electrons. The van der Waals surface area contributed by atoms with Gasteiger partial charge in [-0.2, -0.15) is 0 Å². The number of rotatable bonds is 4. The molecule has 2 heterocycles. The number of hydrogen-bond acceptors (Lipinski definition) is 2. The third kappa shape index (κ3) is 3.88. The standard InChI is InChI=1S/C21H24FN3O/c22-16-7-4-8-17(11-16)23-21(26)24-18-12-19-9-10-20(13-18)25(19)14-15-5-2-1-3-6-15/h1-8,11,18-20H,9-10,12-14H2,(H2,23,24,26)/t19-,20-/m0/s1. The molecule has 0 spiro atoms. The molecular formula is C21H24FN3O. The average Bonchev–Trinajstić information content (AvgIpc) is 2.85. The van der Waals surface area contributed by atoms with Crippen LogP contribution in [0.1, 0.15) is 31.2 Å². The van der Waals surface area contributed by atoms with Crippen LogP contribution in [0.3, 0.4) is 0 Å². The van der Waals surface area contributed by atoms with Crippen molar-refractivity contribution in [3.8, 4) is 0 Å². The monoisotopic (exact) mass is 353 g/mol. The second-order valence-corrected chi connectivity index (χ2v) is 7.32. The number of hydrogen-bond donors (Lipinski definition) is 2. The molecule has 2 saturated heterocycles. The van der Waals surface area contributed by atoms with Gasteiger partial charge in [-0.05, 0) is 49.4 Å². The fraction of sp³-hybridized carbons (Fsp3) is 0.381. The van der Waals surface area contributed by atoms with E-state index in [1.165, 1.54) is 30.5 Å². The Kier molecular flexibility index (Phi) is 4.89. The van der Waals surface area contributed by atoms with Gasteiger partial charge in [0.2, 0.25) is 0 Å². The molecule has 0 saturated carbocycles. The lowest BCUT2D eigenvalue weighted by molar-refractivity contribution is 0.112. The summed E-state index contributed by atoms with van der Waals surface area (Å²) in [7, 11) is 0. The van der Waals surface area contributed by atoms with E-state index in [4.69, 9.17) is 0 Å². The van der Waals surface area contributed by atoms with Crippen molar-refractivity contribution < 1.29 is 9.18 Å². The number of fused-ring (bicyclic) bond motifs is 2. The Morgan fingerprint density at radius 3 is 2.46 bits per heavy atom. The predicted octanol–water partition coefficient (Wildman–Crippen LogP) is 4.14. The fourth-order valence-corrected chi connectivity index (χ4v) is 4.36. The molecule has 2 aromatic rings. The van der Waals surface area contributed by atoms with E-state index in [-0.39, 0.29) is 17.9 Å². The highest BCUT2D eigenvalue weighted by molar-refractivity contribution is 5.89. The second-order valence-electron chi connectivity index (χ2n) is 7.32. The molecule has 4 nitrogen and oxygen atoms in total. The smallest absolute Gasteiger partial charge is 0.319 e. The summed E-state index contributed by atoms with van der Waals surface area (Å²) in [4.78, 5) is 14.8. The first kappa shape index (κ1) is 17.0. The zero-order valence-corrected chi connectivity index (χ0v) is 14.7. The largest absolute Gasteiger partial charge is 0.335 e. The lowest BCUT2D eigenvalue weighted by Gasteiger charge is -2.39. The number of carbonyl (C=O) groups excluding carboxylic acids is 1. The van der Waals surface area contributed by atoms with Crippen molar-refractivity contribution in [2.45, 2.75) is 50.4 Å². The van der Waals surface area contributed by atoms with Gasteiger partial charge in [-0.15, -0.1) is 0 Å². The zero-order chi connectivity index (χ0) is 17.9. The molecule has 2 amide bonds. The molecule has 2 atom stereocenters. The molecule has 2 aliphatic heterocycles. The number of nitrogens with one attached hydrogen (secondary N) is 2. The van der Waals surface area contributed by atoms with Crippen LogP contribution in [0.4, 0.5) is 14.9 Å². The quantitative estimate of drug-likeness (QED) is 0.867. The summed E-state index contributed by atoms with van der Waals surface area (Å²) in [5.41, 5.74) is 1.83. The van der Waals surface area contributed by atoms with E-state index in [1.807, 2.05) is 6.07 Å². The van der Waals surface area contributed by atoms with Crippen molar-refractivity contribution in [3.63, 3.8) is 0 Å². The Morgan fingerprint density at radius 2 is 1.77 bits per heavy atom. The summed E-state index contributed by atoms with van der Waals surface area (Å²) in [6.45, 7) is 0.985. The number of nitrogens with zero attached hydrogens (tertiary/aromatic N) is 1. The van der Waals surface area contributed by atoms with Crippen molar-refractivity contribution in [1.82, 2.24) is 10.2 Å². The van der Waals surface area contributed by atoms with Crippen LogP contribution in [0.2, 0.25) is 0 Å². The SMILES string of the molecule is O=C(Nc1cccc(F)c1)NC1C[C@@H]2CC[C@@H](C1)N2Cc1ccccc1. The molecule has 0 aromatic heterocycles. The van der Waals surface area contributed by atoms with Crippen LogP contribution in [0.25, 0.3) is 0 Å². The highest BCUT2D eigenvalue weighted by Crippen LogP contribution is 2.36. The van der Waals surface area contributed by atoms with E-state index in [9.17, 15) is 9.18 Å². The number of urea groups is 1. The topological polar surface area (TPSA) is 44.4 Å². The lowest BCUT2D eigenvalue weighted by atomic mass is 9.96. The Bertz CT molecular complexity index is 753. The van der Waals surface area contributed by atoms with Crippen LogP contribution in [-0.2, 0) is 6.54 Å². The van der Waals surface area contributed by atoms with E-state index in [1.54, 1.807) is 12.1 Å². The van der Waals surface area contributed by atoms with Gasteiger partial charge in [0.25, 0.3) is 0 Å². The molecule has 2 aromatic carbocycles. The summed E-state index contributed by atoms with van der Waals surface area (Å²) in [6, 6.07) is 17.5. The molecule has 5 heteroatoms. The predicted molar refractivity (Wildman–Crippen MR) is 100 cm³/mol. The summed E-state index contributed by atoms with van der Waals surface area (Å²) >= 11 is 0. The van der Waals surface area contributed by atoms with Crippen molar-refractivity contribution >= 4 is 11.7 Å². The summed E-state index contributed by atoms with van der Waals surface area (Å²) in [5, 5.41) is 5.80. The summed E-state index contributed by atoms with van der Waals surface area (Å²) in [6.07, 6.45) is 4.34.